The Morgan fingerprint density at radius 3 is 2.65 bits per heavy atom. The molecular formula is C26H32N6O2. The van der Waals surface area contributed by atoms with Gasteiger partial charge in [0, 0.05) is 49.0 Å². The number of aryl methyl sites for hydroxylation is 1. The summed E-state index contributed by atoms with van der Waals surface area (Å²) in [5.74, 6) is 2.58. The molecule has 2 aromatic heterocycles. The van der Waals surface area contributed by atoms with Gasteiger partial charge < -0.3 is 20.7 Å². The highest BCUT2D eigenvalue weighted by Gasteiger charge is 2.25. The molecule has 34 heavy (non-hydrogen) atoms. The molecule has 1 aliphatic heterocycles. The molecule has 8 heteroatoms. The summed E-state index contributed by atoms with van der Waals surface area (Å²) < 4.78 is 7.41. The molecule has 0 unspecified atom stereocenters. The van der Waals surface area contributed by atoms with Crippen molar-refractivity contribution in [2.75, 3.05) is 30.4 Å². The predicted molar refractivity (Wildman–Crippen MR) is 132 cm³/mol. The maximum absolute atomic E-state index is 12.6. The first-order valence-electron chi connectivity index (χ1n) is 12.5. The Labute approximate surface area is 199 Å². The molecule has 6 rings (SSSR count). The molecule has 1 aromatic carbocycles. The molecule has 1 amide bonds. The number of ether oxygens (including phenoxy) is 1. The van der Waals surface area contributed by atoms with E-state index < -0.39 is 0 Å². The minimum absolute atomic E-state index is 0.0130. The van der Waals surface area contributed by atoms with Crippen LogP contribution in [0.5, 0.6) is 0 Å². The van der Waals surface area contributed by atoms with Gasteiger partial charge in [-0.2, -0.15) is 9.61 Å². The highest BCUT2D eigenvalue weighted by molar-refractivity contribution is 5.97. The molecule has 1 saturated heterocycles. The van der Waals surface area contributed by atoms with Crippen LogP contribution in [0.1, 0.15) is 54.4 Å². The van der Waals surface area contributed by atoms with E-state index in [4.69, 9.17) is 9.72 Å². The van der Waals surface area contributed by atoms with E-state index in [1.807, 2.05) is 29.8 Å². The third kappa shape index (κ3) is 4.59. The molecule has 178 valence electrons. The van der Waals surface area contributed by atoms with Crippen LogP contribution < -0.4 is 16.0 Å². The SMILES string of the molecule is Cc1cc(-c2cnn3c(NCC4CC4)cc(NC4CCOCC4)nc23)ccc1C(=O)NC1CC1. The first-order chi connectivity index (χ1) is 16.6. The van der Waals surface area contributed by atoms with Crippen LogP contribution in [-0.2, 0) is 4.74 Å². The van der Waals surface area contributed by atoms with E-state index in [0.717, 1.165) is 90.9 Å². The van der Waals surface area contributed by atoms with Gasteiger partial charge in [0.2, 0.25) is 0 Å². The molecule has 0 atom stereocenters. The van der Waals surface area contributed by atoms with Crippen LogP contribution in [0.15, 0.2) is 30.5 Å². The van der Waals surface area contributed by atoms with Crippen molar-refractivity contribution >= 4 is 23.2 Å². The molecule has 3 heterocycles. The Kier molecular flexibility index (Phi) is 5.61. The lowest BCUT2D eigenvalue weighted by atomic mass is 10.0. The van der Waals surface area contributed by atoms with Gasteiger partial charge in [0.1, 0.15) is 11.6 Å². The number of nitrogens with one attached hydrogen (secondary N) is 3. The molecule has 2 aliphatic carbocycles. The Morgan fingerprint density at radius 2 is 1.91 bits per heavy atom. The van der Waals surface area contributed by atoms with Crippen molar-refractivity contribution in [3.05, 3.63) is 41.6 Å². The number of carbonyl (C=O) groups excluding carboxylic acids is 1. The first kappa shape index (κ1) is 21.4. The highest BCUT2D eigenvalue weighted by Crippen LogP contribution is 2.32. The van der Waals surface area contributed by atoms with Gasteiger partial charge in [0.25, 0.3) is 5.91 Å². The van der Waals surface area contributed by atoms with Gasteiger partial charge >= 0.3 is 0 Å². The molecule has 0 spiro atoms. The third-order valence-corrected chi connectivity index (χ3v) is 7.01. The standard InChI is InChI=1S/C26H32N6O2/c1-16-12-18(4-7-21(16)26(33)30-19-5-6-19)22-15-28-32-24(27-14-17-2-3-17)13-23(31-25(22)32)29-20-8-10-34-11-9-20/h4,7,12-13,15,17,19-20,27H,2-3,5-6,8-11,14H2,1H3,(H,29,31)(H,30,33). The summed E-state index contributed by atoms with van der Waals surface area (Å²) in [7, 11) is 0. The second-order valence-corrected chi connectivity index (χ2v) is 9.95. The van der Waals surface area contributed by atoms with Crippen LogP contribution in [0.4, 0.5) is 11.6 Å². The summed E-state index contributed by atoms with van der Waals surface area (Å²) >= 11 is 0. The molecule has 0 radical (unpaired) electrons. The van der Waals surface area contributed by atoms with Crippen molar-refractivity contribution in [1.82, 2.24) is 19.9 Å². The first-order valence-corrected chi connectivity index (χ1v) is 12.5. The average Bonchev–Trinajstić information content (AvgIpc) is 3.77. The Bertz CT molecular complexity index is 1210. The smallest absolute Gasteiger partial charge is 0.251 e. The van der Waals surface area contributed by atoms with Gasteiger partial charge in [-0.3, -0.25) is 4.79 Å². The normalized spacial score (nSPS) is 18.7. The molecule has 3 fully saturated rings. The van der Waals surface area contributed by atoms with Crippen LogP contribution >= 0.6 is 0 Å². The fourth-order valence-corrected chi connectivity index (χ4v) is 4.57. The minimum Gasteiger partial charge on any atom is -0.381 e. The van der Waals surface area contributed by atoms with Crippen LogP contribution in [0.2, 0.25) is 0 Å². The summed E-state index contributed by atoms with van der Waals surface area (Å²) in [5.41, 5.74) is 4.47. The number of nitrogens with zero attached hydrogens (tertiary/aromatic N) is 3. The lowest BCUT2D eigenvalue weighted by Gasteiger charge is -2.24. The van der Waals surface area contributed by atoms with Gasteiger partial charge in [-0.15, -0.1) is 0 Å². The maximum atomic E-state index is 12.6. The Morgan fingerprint density at radius 1 is 1.09 bits per heavy atom. The molecular weight excluding hydrogens is 428 g/mol. The number of carbonyl (C=O) groups is 1. The monoisotopic (exact) mass is 460 g/mol. The minimum atomic E-state index is 0.0130. The zero-order chi connectivity index (χ0) is 23.1. The van der Waals surface area contributed by atoms with E-state index >= 15 is 0 Å². The molecule has 3 aliphatic rings. The van der Waals surface area contributed by atoms with Crippen molar-refractivity contribution in [3.63, 3.8) is 0 Å². The molecule has 3 N–H and O–H groups in total. The van der Waals surface area contributed by atoms with Crippen molar-refractivity contribution in [1.29, 1.82) is 0 Å². The molecule has 0 bridgehead atoms. The van der Waals surface area contributed by atoms with E-state index in [9.17, 15) is 4.79 Å². The number of amides is 1. The molecule has 3 aromatic rings. The number of rotatable bonds is 8. The summed E-state index contributed by atoms with van der Waals surface area (Å²) in [5, 5.41) is 15.0. The van der Waals surface area contributed by atoms with E-state index in [-0.39, 0.29) is 5.91 Å². The highest BCUT2D eigenvalue weighted by atomic mass is 16.5. The fraction of sp³-hybridized carbons (Fsp3) is 0.500. The largest absolute Gasteiger partial charge is 0.381 e. The Hall–Kier alpha value is -3.13. The zero-order valence-corrected chi connectivity index (χ0v) is 19.6. The van der Waals surface area contributed by atoms with Crippen LogP contribution in [0.3, 0.4) is 0 Å². The summed E-state index contributed by atoms with van der Waals surface area (Å²) in [6, 6.07) is 8.76. The van der Waals surface area contributed by atoms with Crippen LogP contribution in [0, 0.1) is 12.8 Å². The number of anilines is 2. The second kappa shape index (κ2) is 8.91. The summed E-state index contributed by atoms with van der Waals surface area (Å²) in [4.78, 5) is 17.5. The fourth-order valence-electron chi connectivity index (χ4n) is 4.57. The van der Waals surface area contributed by atoms with E-state index in [1.54, 1.807) is 0 Å². The molecule has 8 nitrogen and oxygen atoms in total. The topological polar surface area (TPSA) is 92.6 Å². The van der Waals surface area contributed by atoms with E-state index in [0.29, 0.717) is 12.1 Å². The van der Waals surface area contributed by atoms with Gasteiger partial charge in [-0.1, -0.05) is 12.1 Å². The van der Waals surface area contributed by atoms with Gasteiger partial charge in [-0.05, 0) is 68.6 Å². The number of benzene rings is 1. The summed E-state index contributed by atoms with van der Waals surface area (Å²) in [6.45, 7) is 4.51. The van der Waals surface area contributed by atoms with Crippen molar-refractivity contribution in [2.45, 2.75) is 57.5 Å². The van der Waals surface area contributed by atoms with E-state index in [1.165, 1.54) is 12.8 Å². The average molecular weight is 461 g/mol. The van der Waals surface area contributed by atoms with Crippen molar-refractivity contribution < 1.29 is 9.53 Å². The van der Waals surface area contributed by atoms with E-state index in [2.05, 4.69) is 33.2 Å². The lowest BCUT2D eigenvalue weighted by molar-refractivity contribution is 0.0903. The van der Waals surface area contributed by atoms with Crippen LogP contribution in [-0.4, -0.2) is 52.3 Å². The zero-order valence-electron chi connectivity index (χ0n) is 19.6. The lowest BCUT2D eigenvalue weighted by Crippen LogP contribution is -2.28. The number of hydrogen-bond acceptors (Lipinski definition) is 6. The third-order valence-electron chi connectivity index (χ3n) is 7.01. The number of aromatic nitrogens is 3. The quantitative estimate of drug-likeness (QED) is 0.470. The Balaban J connectivity index is 1.33. The number of hydrogen-bond donors (Lipinski definition) is 3. The predicted octanol–water partition coefficient (Wildman–Crippen LogP) is 4.01. The van der Waals surface area contributed by atoms with Gasteiger partial charge in [0.15, 0.2) is 5.65 Å². The second-order valence-electron chi connectivity index (χ2n) is 9.95. The number of fused-ring (bicyclic) bond motifs is 1. The maximum Gasteiger partial charge on any atom is 0.251 e. The summed E-state index contributed by atoms with van der Waals surface area (Å²) in [6.07, 6.45) is 8.58. The van der Waals surface area contributed by atoms with Crippen LogP contribution in [0.25, 0.3) is 16.8 Å². The van der Waals surface area contributed by atoms with Gasteiger partial charge in [0.05, 0.1) is 6.20 Å². The van der Waals surface area contributed by atoms with Crippen molar-refractivity contribution in [2.24, 2.45) is 5.92 Å². The molecule has 2 saturated carbocycles. The van der Waals surface area contributed by atoms with Gasteiger partial charge in [-0.25, -0.2) is 4.98 Å². The van der Waals surface area contributed by atoms with Crippen molar-refractivity contribution in [3.8, 4) is 11.1 Å².